The van der Waals surface area contributed by atoms with E-state index in [9.17, 15) is 29.4 Å². The van der Waals surface area contributed by atoms with Crippen molar-refractivity contribution in [1.82, 2.24) is 10.6 Å². The first-order valence-electron chi connectivity index (χ1n) is 15.9. The Morgan fingerprint density at radius 3 is 1.71 bits per heavy atom. The van der Waals surface area contributed by atoms with E-state index >= 15 is 0 Å². The minimum atomic E-state index is -0.793. The number of hydrogen-bond acceptors (Lipinski definition) is 8. The number of aliphatic hydroxyl groups excluding tert-OH is 2. The number of Topliss-reactive ketones (excluding diaryl/α,β-unsaturated/α-hetero) is 2. The molecule has 0 aromatic rings. The van der Waals surface area contributed by atoms with E-state index in [-0.39, 0.29) is 28.4 Å². The zero-order valence-electron chi connectivity index (χ0n) is 27.1. The maximum Gasteiger partial charge on any atom is 0.407 e. The number of alkyl carbamates (subject to hydrolysis) is 2. The van der Waals surface area contributed by atoms with Gasteiger partial charge in [-0.3, -0.25) is 0 Å². The van der Waals surface area contributed by atoms with Gasteiger partial charge in [-0.15, -0.1) is 0 Å². The Balaban J connectivity index is 2.80. The second kappa shape index (κ2) is 18.5. The standard InChI is InChI=1S/C32H58N2O8/c1-8-12-25(37)27(16-10-14-22(3)35)41-29(39)33-21-32(7)19-24(18-31(5,6)20-32)34-30(40)42-28(26(38)13-9-2)17-11-15-23(4)36/h24-28,37-38H,8-21H2,1-7H3,(H,33,39)(H,34,40). The average molecular weight is 599 g/mol. The number of amides is 2. The molecular formula is C32H58N2O8. The van der Waals surface area contributed by atoms with Crippen LogP contribution in [0.1, 0.15) is 132 Å². The number of carbonyl (C=O) groups is 4. The predicted molar refractivity (Wildman–Crippen MR) is 162 cm³/mol. The molecule has 1 aliphatic carbocycles. The Labute approximate surface area is 253 Å². The summed E-state index contributed by atoms with van der Waals surface area (Å²) in [5, 5.41) is 26.9. The summed E-state index contributed by atoms with van der Waals surface area (Å²) >= 11 is 0. The molecule has 4 N–H and O–H groups in total. The van der Waals surface area contributed by atoms with E-state index in [4.69, 9.17) is 9.47 Å². The van der Waals surface area contributed by atoms with E-state index in [1.165, 1.54) is 13.8 Å². The number of ether oxygens (including phenoxy) is 2. The Bertz CT molecular complexity index is 863. The van der Waals surface area contributed by atoms with Crippen LogP contribution in [0.5, 0.6) is 0 Å². The van der Waals surface area contributed by atoms with Crippen LogP contribution < -0.4 is 10.6 Å². The van der Waals surface area contributed by atoms with Gasteiger partial charge in [0.2, 0.25) is 0 Å². The maximum absolute atomic E-state index is 12.9. The maximum atomic E-state index is 12.9. The smallest absolute Gasteiger partial charge is 0.407 e. The first-order valence-corrected chi connectivity index (χ1v) is 15.9. The van der Waals surface area contributed by atoms with E-state index in [1.807, 2.05) is 13.8 Å². The van der Waals surface area contributed by atoms with Crippen LogP contribution >= 0.6 is 0 Å². The van der Waals surface area contributed by atoms with Gasteiger partial charge < -0.3 is 39.9 Å². The van der Waals surface area contributed by atoms with Crippen LogP contribution in [-0.4, -0.2) is 71.0 Å². The molecule has 1 saturated carbocycles. The van der Waals surface area contributed by atoms with Crippen molar-refractivity contribution >= 4 is 23.8 Å². The summed E-state index contributed by atoms with van der Waals surface area (Å²) in [7, 11) is 0. The summed E-state index contributed by atoms with van der Waals surface area (Å²) < 4.78 is 11.3. The van der Waals surface area contributed by atoms with Crippen LogP contribution in [0, 0.1) is 10.8 Å². The van der Waals surface area contributed by atoms with E-state index in [2.05, 4.69) is 31.4 Å². The van der Waals surface area contributed by atoms with Crippen molar-refractivity contribution in [2.45, 2.75) is 162 Å². The van der Waals surface area contributed by atoms with Gasteiger partial charge in [-0.1, -0.05) is 47.5 Å². The SMILES string of the molecule is CCCC(O)C(CCCC(C)=O)OC(=O)NCC1(C)CC(NC(=O)OC(CCCC(C)=O)C(O)CCC)CC(C)(C)C1. The molecule has 0 aromatic heterocycles. The third-order valence-corrected chi connectivity index (χ3v) is 8.00. The summed E-state index contributed by atoms with van der Waals surface area (Å²) in [4.78, 5) is 48.4. The lowest BCUT2D eigenvalue weighted by molar-refractivity contribution is -0.118. The minimum Gasteiger partial charge on any atom is -0.443 e. The molecule has 6 atom stereocenters. The molecule has 0 radical (unpaired) electrons. The molecule has 1 rings (SSSR count). The van der Waals surface area contributed by atoms with Crippen LogP contribution in [0.15, 0.2) is 0 Å². The molecule has 0 aliphatic heterocycles. The van der Waals surface area contributed by atoms with E-state index < -0.39 is 36.6 Å². The number of carbonyl (C=O) groups excluding carboxylic acids is 4. The first-order chi connectivity index (χ1) is 19.6. The summed E-state index contributed by atoms with van der Waals surface area (Å²) in [5.74, 6) is 0.119. The van der Waals surface area contributed by atoms with Crippen LogP contribution in [0.3, 0.4) is 0 Å². The summed E-state index contributed by atoms with van der Waals surface area (Å²) in [6.07, 6.45) is 3.16. The second-order valence-corrected chi connectivity index (χ2v) is 13.5. The lowest BCUT2D eigenvalue weighted by Crippen LogP contribution is -2.51. The van der Waals surface area contributed by atoms with Crippen LogP contribution in [-0.2, 0) is 19.1 Å². The molecule has 0 saturated heterocycles. The summed E-state index contributed by atoms with van der Waals surface area (Å²) in [5.41, 5.74) is -0.459. The number of nitrogens with one attached hydrogen (secondary N) is 2. The van der Waals surface area contributed by atoms with Crippen molar-refractivity contribution in [3.05, 3.63) is 0 Å². The fourth-order valence-electron chi connectivity index (χ4n) is 6.40. The Morgan fingerprint density at radius 2 is 1.26 bits per heavy atom. The first kappa shape index (κ1) is 37.8. The third-order valence-electron chi connectivity index (χ3n) is 8.00. The number of rotatable bonds is 19. The largest absolute Gasteiger partial charge is 0.443 e. The fraction of sp³-hybridized carbons (Fsp3) is 0.875. The number of ketones is 2. The van der Waals surface area contributed by atoms with Crippen molar-refractivity contribution < 1.29 is 38.9 Å². The lowest BCUT2D eigenvalue weighted by Gasteiger charge is -2.46. The third kappa shape index (κ3) is 15.3. The van der Waals surface area contributed by atoms with E-state index in [0.717, 1.165) is 25.7 Å². The van der Waals surface area contributed by atoms with Gasteiger partial charge in [-0.2, -0.15) is 0 Å². The normalized spacial score (nSPS) is 22.7. The van der Waals surface area contributed by atoms with E-state index in [0.29, 0.717) is 64.3 Å². The van der Waals surface area contributed by atoms with E-state index in [1.54, 1.807) is 0 Å². The van der Waals surface area contributed by atoms with Gasteiger partial charge in [0, 0.05) is 25.4 Å². The zero-order chi connectivity index (χ0) is 31.9. The molecule has 10 nitrogen and oxygen atoms in total. The monoisotopic (exact) mass is 598 g/mol. The second-order valence-electron chi connectivity index (χ2n) is 13.5. The van der Waals surface area contributed by atoms with Crippen molar-refractivity contribution in [2.75, 3.05) is 6.54 Å². The molecular weight excluding hydrogens is 540 g/mol. The number of hydrogen-bond donors (Lipinski definition) is 4. The Kier molecular flexibility index (Phi) is 16.6. The lowest BCUT2D eigenvalue weighted by atomic mass is 9.62. The summed E-state index contributed by atoms with van der Waals surface area (Å²) in [6, 6.07) is -0.198. The van der Waals surface area contributed by atoms with Gasteiger partial charge in [0.25, 0.3) is 0 Å². The molecule has 2 amide bonds. The van der Waals surface area contributed by atoms with Gasteiger partial charge >= 0.3 is 12.2 Å². The highest BCUT2D eigenvalue weighted by Crippen LogP contribution is 2.45. The molecule has 0 spiro atoms. The Morgan fingerprint density at radius 1 is 0.786 bits per heavy atom. The molecule has 0 aromatic carbocycles. The highest BCUT2D eigenvalue weighted by molar-refractivity contribution is 5.75. The highest BCUT2D eigenvalue weighted by Gasteiger charge is 2.42. The molecule has 1 fully saturated rings. The number of aliphatic hydroxyl groups is 2. The molecule has 244 valence electrons. The molecule has 1 aliphatic rings. The van der Waals surface area contributed by atoms with Crippen molar-refractivity contribution in [3.8, 4) is 0 Å². The van der Waals surface area contributed by atoms with Crippen molar-refractivity contribution in [3.63, 3.8) is 0 Å². The summed E-state index contributed by atoms with van der Waals surface area (Å²) in [6.45, 7) is 13.6. The van der Waals surface area contributed by atoms with Gasteiger partial charge in [0.05, 0.1) is 12.2 Å². The molecule has 6 unspecified atom stereocenters. The highest BCUT2D eigenvalue weighted by atomic mass is 16.6. The van der Waals surface area contributed by atoms with Gasteiger partial charge in [0.1, 0.15) is 23.8 Å². The topological polar surface area (TPSA) is 151 Å². The van der Waals surface area contributed by atoms with Gasteiger partial charge in [-0.05, 0) is 82.5 Å². The minimum absolute atomic E-state index is 0.0590. The zero-order valence-corrected chi connectivity index (χ0v) is 27.1. The molecule has 0 bridgehead atoms. The van der Waals surface area contributed by atoms with Crippen LogP contribution in [0.2, 0.25) is 0 Å². The van der Waals surface area contributed by atoms with Gasteiger partial charge in [0.15, 0.2) is 0 Å². The Hall–Kier alpha value is -2.20. The fourth-order valence-corrected chi connectivity index (χ4v) is 6.40. The van der Waals surface area contributed by atoms with Crippen molar-refractivity contribution in [2.24, 2.45) is 10.8 Å². The van der Waals surface area contributed by atoms with Crippen LogP contribution in [0.4, 0.5) is 9.59 Å². The molecule has 0 heterocycles. The predicted octanol–water partition coefficient (Wildman–Crippen LogP) is 5.60. The molecule has 42 heavy (non-hydrogen) atoms. The van der Waals surface area contributed by atoms with Gasteiger partial charge in [-0.25, -0.2) is 9.59 Å². The average Bonchev–Trinajstić information content (AvgIpc) is 2.85. The van der Waals surface area contributed by atoms with Crippen LogP contribution in [0.25, 0.3) is 0 Å². The quantitative estimate of drug-likeness (QED) is 0.150. The molecule has 10 heteroatoms. The van der Waals surface area contributed by atoms with Crippen molar-refractivity contribution in [1.29, 1.82) is 0 Å².